The van der Waals surface area contributed by atoms with Crippen LogP contribution in [0.4, 0.5) is 0 Å². The Morgan fingerprint density at radius 2 is 1.48 bits per heavy atom. The lowest BCUT2D eigenvalue weighted by atomic mass is 10.1. The van der Waals surface area contributed by atoms with E-state index in [1.165, 1.54) is 0 Å². The van der Waals surface area contributed by atoms with Gasteiger partial charge in [0.25, 0.3) is 5.91 Å². The molecule has 142 valence electrons. The predicted octanol–water partition coefficient (Wildman–Crippen LogP) is 5.45. The molecular weight excluding hydrogens is 378 g/mol. The van der Waals surface area contributed by atoms with Crippen LogP contribution in [-0.4, -0.2) is 24.0 Å². The van der Waals surface area contributed by atoms with Crippen LogP contribution in [0.25, 0.3) is 0 Å². The fraction of sp³-hybridized carbons (Fsp3) is 0.286. The summed E-state index contributed by atoms with van der Waals surface area (Å²) in [4.78, 5) is 17.5. The predicted molar refractivity (Wildman–Crippen MR) is 111 cm³/mol. The van der Waals surface area contributed by atoms with Gasteiger partial charge in [0, 0.05) is 15.3 Å². The van der Waals surface area contributed by atoms with Gasteiger partial charge in [0.15, 0.2) is 11.5 Å². The fourth-order valence-corrected chi connectivity index (χ4v) is 4.19. The van der Waals surface area contributed by atoms with E-state index in [4.69, 9.17) is 9.47 Å². The average Bonchev–Trinajstić information content (AvgIpc) is 3.36. The maximum Gasteiger partial charge on any atom is 0.254 e. The summed E-state index contributed by atoms with van der Waals surface area (Å²) in [5.41, 5.74) is 0.606. The molecule has 27 heavy (non-hydrogen) atoms. The lowest BCUT2D eigenvalue weighted by Gasteiger charge is -2.22. The van der Waals surface area contributed by atoms with Crippen LogP contribution in [0.1, 0.15) is 34.0 Å². The van der Waals surface area contributed by atoms with Gasteiger partial charge in [-0.3, -0.25) is 4.79 Å². The second-order valence-electron chi connectivity index (χ2n) is 5.85. The fourth-order valence-electron chi connectivity index (χ4n) is 2.75. The van der Waals surface area contributed by atoms with Gasteiger partial charge < -0.3 is 14.4 Å². The highest BCUT2D eigenvalue weighted by molar-refractivity contribution is 7.10. The molecule has 0 radical (unpaired) electrons. The molecule has 0 atom stereocenters. The number of benzene rings is 1. The molecule has 0 saturated carbocycles. The van der Waals surface area contributed by atoms with Gasteiger partial charge >= 0.3 is 0 Å². The van der Waals surface area contributed by atoms with Crippen LogP contribution >= 0.6 is 22.7 Å². The van der Waals surface area contributed by atoms with Crippen LogP contribution < -0.4 is 9.47 Å². The third kappa shape index (κ3) is 5.11. The van der Waals surface area contributed by atoms with Gasteiger partial charge in [-0.1, -0.05) is 12.1 Å². The van der Waals surface area contributed by atoms with Crippen LogP contribution in [0.3, 0.4) is 0 Å². The van der Waals surface area contributed by atoms with E-state index in [1.54, 1.807) is 28.7 Å². The lowest BCUT2D eigenvalue weighted by molar-refractivity contribution is 0.0733. The highest BCUT2D eigenvalue weighted by Gasteiger charge is 2.19. The van der Waals surface area contributed by atoms with Gasteiger partial charge in [-0.15, -0.1) is 22.7 Å². The van der Waals surface area contributed by atoms with Crippen molar-refractivity contribution in [3.63, 3.8) is 0 Å². The summed E-state index contributed by atoms with van der Waals surface area (Å²) >= 11 is 3.32. The summed E-state index contributed by atoms with van der Waals surface area (Å²) in [5, 5.41) is 4.07. The molecule has 0 aliphatic heterocycles. The topological polar surface area (TPSA) is 38.8 Å². The van der Waals surface area contributed by atoms with E-state index in [-0.39, 0.29) is 5.91 Å². The minimum atomic E-state index is -0.0131. The molecule has 3 aromatic rings. The first-order chi connectivity index (χ1) is 13.2. The van der Waals surface area contributed by atoms with Gasteiger partial charge in [0.1, 0.15) is 0 Å². The van der Waals surface area contributed by atoms with Crippen molar-refractivity contribution in [3.05, 3.63) is 68.5 Å². The van der Waals surface area contributed by atoms with E-state index < -0.39 is 0 Å². The Bertz CT molecular complexity index is 808. The zero-order valence-corrected chi connectivity index (χ0v) is 17.1. The van der Waals surface area contributed by atoms with Crippen LogP contribution in [0.15, 0.2) is 53.2 Å². The number of thiophene rings is 2. The Hall–Kier alpha value is -2.31. The normalized spacial score (nSPS) is 10.6. The molecular formula is C21H23NO3S2. The molecule has 0 spiro atoms. The van der Waals surface area contributed by atoms with Crippen LogP contribution in [0, 0.1) is 0 Å². The summed E-state index contributed by atoms with van der Waals surface area (Å²) in [6, 6.07) is 13.6. The third-order valence-electron chi connectivity index (χ3n) is 3.93. The molecule has 2 aromatic heterocycles. The SMILES string of the molecule is CCOc1ccc(C(=O)N(Cc2cccs2)Cc2cccs2)cc1OCC. The molecule has 0 N–H and O–H groups in total. The number of ether oxygens (including phenoxy) is 2. The van der Waals surface area contributed by atoms with E-state index in [0.717, 1.165) is 9.75 Å². The Labute approximate surface area is 168 Å². The lowest BCUT2D eigenvalue weighted by Crippen LogP contribution is -2.29. The van der Waals surface area contributed by atoms with Crippen molar-refractivity contribution < 1.29 is 14.3 Å². The van der Waals surface area contributed by atoms with E-state index in [9.17, 15) is 4.79 Å². The van der Waals surface area contributed by atoms with Gasteiger partial charge in [-0.2, -0.15) is 0 Å². The maximum absolute atomic E-state index is 13.3. The molecule has 0 unspecified atom stereocenters. The number of rotatable bonds is 9. The standard InChI is InChI=1S/C21H23NO3S2/c1-3-24-19-10-9-16(13-20(19)25-4-2)21(23)22(14-17-7-5-11-26-17)15-18-8-6-12-27-18/h5-13H,3-4,14-15H2,1-2H3. The van der Waals surface area contributed by atoms with E-state index >= 15 is 0 Å². The minimum Gasteiger partial charge on any atom is -0.490 e. The number of carbonyl (C=O) groups is 1. The third-order valence-corrected chi connectivity index (χ3v) is 5.65. The first kappa shape index (κ1) is 19.5. The molecule has 1 aromatic carbocycles. The van der Waals surface area contributed by atoms with E-state index in [0.29, 0.717) is 43.4 Å². The highest BCUT2D eigenvalue weighted by atomic mass is 32.1. The van der Waals surface area contributed by atoms with Gasteiger partial charge in [-0.05, 0) is 54.9 Å². The van der Waals surface area contributed by atoms with Crippen molar-refractivity contribution >= 4 is 28.6 Å². The number of hydrogen-bond acceptors (Lipinski definition) is 5. The summed E-state index contributed by atoms with van der Waals surface area (Å²) in [6.07, 6.45) is 0. The first-order valence-corrected chi connectivity index (χ1v) is 10.7. The quantitative estimate of drug-likeness (QED) is 0.479. The summed E-state index contributed by atoms with van der Waals surface area (Å²) in [5.74, 6) is 1.26. The van der Waals surface area contributed by atoms with E-state index in [2.05, 4.69) is 12.1 Å². The maximum atomic E-state index is 13.3. The monoisotopic (exact) mass is 401 g/mol. The molecule has 3 rings (SSSR count). The Morgan fingerprint density at radius 3 is 2.00 bits per heavy atom. The Kier molecular flexibility index (Phi) is 6.90. The second-order valence-corrected chi connectivity index (χ2v) is 7.91. The molecule has 0 saturated heterocycles. The largest absolute Gasteiger partial charge is 0.490 e. The Balaban J connectivity index is 1.86. The number of hydrogen-bond donors (Lipinski definition) is 0. The van der Waals surface area contributed by atoms with Crippen molar-refractivity contribution in [2.45, 2.75) is 26.9 Å². The van der Waals surface area contributed by atoms with Crippen molar-refractivity contribution in [2.75, 3.05) is 13.2 Å². The molecule has 2 heterocycles. The average molecular weight is 402 g/mol. The number of amides is 1. The van der Waals surface area contributed by atoms with Crippen molar-refractivity contribution in [1.82, 2.24) is 4.90 Å². The molecule has 0 aliphatic carbocycles. The minimum absolute atomic E-state index is 0.0131. The Morgan fingerprint density at radius 1 is 0.889 bits per heavy atom. The van der Waals surface area contributed by atoms with Gasteiger partial charge in [0.2, 0.25) is 0 Å². The van der Waals surface area contributed by atoms with Crippen LogP contribution in [0.5, 0.6) is 11.5 Å². The summed E-state index contributed by atoms with van der Waals surface area (Å²) < 4.78 is 11.3. The number of carbonyl (C=O) groups excluding carboxylic acids is 1. The van der Waals surface area contributed by atoms with Gasteiger partial charge in [-0.25, -0.2) is 0 Å². The molecule has 6 heteroatoms. The molecule has 0 aliphatic rings. The first-order valence-electron chi connectivity index (χ1n) is 8.95. The molecule has 0 fully saturated rings. The van der Waals surface area contributed by atoms with E-state index in [1.807, 2.05) is 53.8 Å². The van der Waals surface area contributed by atoms with Gasteiger partial charge in [0.05, 0.1) is 26.3 Å². The second kappa shape index (κ2) is 9.58. The van der Waals surface area contributed by atoms with Crippen LogP contribution in [-0.2, 0) is 13.1 Å². The number of nitrogens with zero attached hydrogens (tertiary/aromatic N) is 1. The van der Waals surface area contributed by atoms with Crippen LogP contribution in [0.2, 0.25) is 0 Å². The molecule has 4 nitrogen and oxygen atoms in total. The zero-order valence-electron chi connectivity index (χ0n) is 15.5. The van der Waals surface area contributed by atoms with Crippen molar-refractivity contribution in [1.29, 1.82) is 0 Å². The highest BCUT2D eigenvalue weighted by Crippen LogP contribution is 2.30. The smallest absolute Gasteiger partial charge is 0.254 e. The summed E-state index contributed by atoms with van der Waals surface area (Å²) in [7, 11) is 0. The van der Waals surface area contributed by atoms with Crippen molar-refractivity contribution in [2.24, 2.45) is 0 Å². The van der Waals surface area contributed by atoms with Crippen molar-refractivity contribution in [3.8, 4) is 11.5 Å². The zero-order chi connectivity index (χ0) is 19.1. The summed E-state index contributed by atoms with van der Waals surface area (Å²) in [6.45, 7) is 6.10. The molecule has 0 bridgehead atoms. The molecule has 1 amide bonds.